The van der Waals surface area contributed by atoms with E-state index in [2.05, 4.69) is 85.5 Å². The number of amides is 1. The molecule has 0 fully saturated rings. The number of benzene rings is 2. The van der Waals surface area contributed by atoms with Gasteiger partial charge in [0.05, 0.1) is 0 Å². The molecule has 0 spiro atoms. The van der Waals surface area contributed by atoms with Gasteiger partial charge in [-0.15, -0.1) is 0 Å². The van der Waals surface area contributed by atoms with Gasteiger partial charge in [-0.05, 0) is 30.5 Å². The van der Waals surface area contributed by atoms with Gasteiger partial charge in [-0.1, -0.05) is 74.2 Å². The third-order valence-corrected chi connectivity index (χ3v) is 5.52. The zero-order chi connectivity index (χ0) is 19.9. The van der Waals surface area contributed by atoms with Gasteiger partial charge in [-0.2, -0.15) is 0 Å². The molecule has 1 amide bonds. The van der Waals surface area contributed by atoms with Crippen molar-refractivity contribution in [3.05, 3.63) is 71.4 Å². The summed E-state index contributed by atoms with van der Waals surface area (Å²) < 4.78 is 2.16. The summed E-state index contributed by atoms with van der Waals surface area (Å²) in [6, 6.07) is 17.0. The second kappa shape index (κ2) is 9.59. The molecule has 1 heterocycles. The number of aryl methyl sites for hydroxylation is 2. The van der Waals surface area contributed by atoms with Gasteiger partial charge in [0.2, 0.25) is 5.91 Å². The number of hydrogen-bond donors (Lipinski definition) is 1. The molecular formula is C25H32N2O. The Morgan fingerprint density at radius 3 is 2.54 bits per heavy atom. The van der Waals surface area contributed by atoms with Crippen molar-refractivity contribution >= 4 is 16.8 Å². The van der Waals surface area contributed by atoms with Crippen molar-refractivity contribution in [3.63, 3.8) is 0 Å². The molecule has 3 rings (SSSR count). The van der Waals surface area contributed by atoms with E-state index in [1.165, 1.54) is 46.9 Å². The lowest BCUT2D eigenvalue weighted by molar-refractivity contribution is -0.121. The summed E-state index contributed by atoms with van der Waals surface area (Å²) >= 11 is 0. The van der Waals surface area contributed by atoms with Gasteiger partial charge in [-0.3, -0.25) is 4.79 Å². The van der Waals surface area contributed by atoms with E-state index in [1.807, 2.05) is 0 Å². The Kier molecular flexibility index (Phi) is 6.91. The fraction of sp³-hybridized carbons (Fsp3) is 0.400. The van der Waals surface area contributed by atoms with Crippen molar-refractivity contribution in [3.8, 4) is 0 Å². The molecule has 1 aromatic heterocycles. The first kappa shape index (κ1) is 20.2. The van der Waals surface area contributed by atoms with Crippen LogP contribution in [0.4, 0.5) is 0 Å². The van der Waals surface area contributed by atoms with Crippen LogP contribution in [-0.2, 0) is 11.8 Å². The lowest BCUT2D eigenvalue weighted by Crippen LogP contribution is -2.26. The largest absolute Gasteiger partial charge is 0.356 e. The van der Waals surface area contributed by atoms with Crippen LogP contribution in [0.15, 0.2) is 54.7 Å². The van der Waals surface area contributed by atoms with Crippen molar-refractivity contribution < 1.29 is 4.79 Å². The molecule has 0 aliphatic rings. The molecular weight excluding hydrogens is 344 g/mol. The van der Waals surface area contributed by atoms with E-state index in [0.29, 0.717) is 6.42 Å². The molecule has 1 atom stereocenters. The first-order valence-corrected chi connectivity index (χ1v) is 10.5. The topological polar surface area (TPSA) is 34.0 Å². The van der Waals surface area contributed by atoms with E-state index < -0.39 is 0 Å². The average Bonchev–Trinajstić information content (AvgIpc) is 3.03. The van der Waals surface area contributed by atoms with Crippen LogP contribution in [0.5, 0.6) is 0 Å². The molecule has 0 bridgehead atoms. The van der Waals surface area contributed by atoms with E-state index in [4.69, 9.17) is 0 Å². The number of nitrogens with zero attached hydrogens (tertiary/aromatic N) is 1. The van der Waals surface area contributed by atoms with Crippen LogP contribution in [-0.4, -0.2) is 17.0 Å². The molecule has 0 aliphatic carbocycles. The summed E-state index contributed by atoms with van der Waals surface area (Å²) in [7, 11) is 2.08. The molecule has 3 aromatic rings. The van der Waals surface area contributed by atoms with E-state index in [1.54, 1.807) is 0 Å². The number of fused-ring (bicyclic) bond motifs is 1. The second-order valence-electron chi connectivity index (χ2n) is 7.79. The number of hydrogen-bond acceptors (Lipinski definition) is 1. The number of rotatable bonds is 9. The minimum atomic E-state index is 0.0577. The average molecular weight is 377 g/mol. The molecule has 0 radical (unpaired) electrons. The van der Waals surface area contributed by atoms with Crippen LogP contribution in [0, 0.1) is 6.92 Å². The molecule has 0 saturated heterocycles. The van der Waals surface area contributed by atoms with Crippen LogP contribution < -0.4 is 5.32 Å². The van der Waals surface area contributed by atoms with Gasteiger partial charge in [-0.25, -0.2) is 0 Å². The highest BCUT2D eigenvalue weighted by Gasteiger charge is 2.22. The van der Waals surface area contributed by atoms with E-state index in [-0.39, 0.29) is 11.8 Å². The van der Waals surface area contributed by atoms with Gasteiger partial charge in [0.25, 0.3) is 0 Å². The summed E-state index contributed by atoms with van der Waals surface area (Å²) in [6.07, 6.45) is 7.35. The number of unbranched alkanes of at least 4 members (excludes halogenated alkanes) is 3. The summed E-state index contributed by atoms with van der Waals surface area (Å²) in [5, 5.41) is 4.36. The molecule has 0 unspecified atom stereocenters. The van der Waals surface area contributed by atoms with Crippen molar-refractivity contribution in [2.24, 2.45) is 7.05 Å². The van der Waals surface area contributed by atoms with Crippen LogP contribution in [0.3, 0.4) is 0 Å². The minimum Gasteiger partial charge on any atom is -0.356 e. The van der Waals surface area contributed by atoms with E-state index >= 15 is 0 Å². The number of para-hydroxylation sites is 1. The summed E-state index contributed by atoms with van der Waals surface area (Å²) in [4.78, 5) is 12.7. The Labute approximate surface area is 168 Å². The van der Waals surface area contributed by atoms with E-state index in [0.717, 1.165) is 13.0 Å². The number of carbonyl (C=O) groups is 1. The first-order chi connectivity index (χ1) is 13.6. The van der Waals surface area contributed by atoms with Gasteiger partial charge < -0.3 is 9.88 Å². The molecule has 1 N–H and O–H groups in total. The van der Waals surface area contributed by atoms with Crippen LogP contribution in [0.1, 0.15) is 61.6 Å². The number of aromatic nitrogens is 1. The summed E-state index contributed by atoms with van der Waals surface area (Å²) in [6.45, 7) is 5.07. The smallest absolute Gasteiger partial charge is 0.220 e. The van der Waals surface area contributed by atoms with Gasteiger partial charge in [0.15, 0.2) is 0 Å². The molecule has 148 valence electrons. The lowest BCUT2D eigenvalue weighted by atomic mass is 9.87. The highest BCUT2D eigenvalue weighted by atomic mass is 16.1. The lowest BCUT2D eigenvalue weighted by Gasteiger charge is -2.17. The Balaban J connectivity index is 1.84. The zero-order valence-corrected chi connectivity index (χ0v) is 17.4. The Morgan fingerprint density at radius 2 is 1.79 bits per heavy atom. The predicted octanol–water partition coefficient (Wildman–Crippen LogP) is 5.71. The number of carbonyl (C=O) groups excluding carboxylic acids is 1. The maximum absolute atomic E-state index is 12.7. The Morgan fingerprint density at radius 1 is 1.04 bits per heavy atom. The van der Waals surface area contributed by atoms with Crippen molar-refractivity contribution in [2.45, 2.75) is 51.9 Å². The highest BCUT2D eigenvalue weighted by molar-refractivity contribution is 5.86. The number of nitrogens with one attached hydrogen (secondary N) is 1. The van der Waals surface area contributed by atoms with Gasteiger partial charge in [0, 0.05) is 43.0 Å². The molecule has 28 heavy (non-hydrogen) atoms. The Bertz CT molecular complexity index is 908. The molecule has 2 aromatic carbocycles. The monoisotopic (exact) mass is 376 g/mol. The first-order valence-electron chi connectivity index (χ1n) is 10.5. The normalized spacial score (nSPS) is 12.2. The van der Waals surface area contributed by atoms with Gasteiger partial charge >= 0.3 is 0 Å². The zero-order valence-electron chi connectivity index (χ0n) is 17.4. The maximum atomic E-state index is 12.7. The van der Waals surface area contributed by atoms with Crippen LogP contribution in [0.25, 0.3) is 10.9 Å². The van der Waals surface area contributed by atoms with Crippen LogP contribution >= 0.6 is 0 Å². The van der Waals surface area contributed by atoms with Crippen molar-refractivity contribution in [1.82, 2.24) is 9.88 Å². The van der Waals surface area contributed by atoms with Gasteiger partial charge in [0.1, 0.15) is 0 Å². The molecule has 3 heteroatoms. The van der Waals surface area contributed by atoms with Crippen molar-refractivity contribution in [1.29, 1.82) is 0 Å². The summed E-state index contributed by atoms with van der Waals surface area (Å²) in [5.41, 5.74) is 4.86. The predicted molar refractivity (Wildman–Crippen MR) is 118 cm³/mol. The second-order valence-corrected chi connectivity index (χ2v) is 7.79. The summed E-state index contributed by atoms with van der Waals surface area (Å²) in [5.74, 6) is 0.192. The van der Waals surface area contributed by atoms with E-state index in [9.17, 15) is 4.79 Å². The quantitative estimate of drug-likeness (QED) is 0.477. The van der Waals surface area contributed by atoms with Crippen molar-refractivity contribution in [2.75, 3.05) is 6.54 Å². The molecule has 0 aliphatic heterocycles. The fourth-order valence-corrected chi connectivity index (χ4v) is 3.89. The SMILES string of the molecule is CCCCCCNC(=O)C[C@@H](c1ccc(C)cc1)c1cn(C)c2ccccc12. The van der Waals surface area contributed by atoms with Crippen LogP contribution in [0.2, 0.25) is 0 Å². The maximum Gasteiger partial charge on any atom is 0.220 e. The molecule has 3 nitrogen and oxygen atoms in total. The fourth-order valence-electron chi connectivity index (χ4n) is 3.89. The molecule has 0 saturated carbocycles. The minimum absolute atomic E-state index is 0.0577. The standard InChI is InChI=1S/C25H32N2O/c1-4-5-6-9-16-26-25(28)17-22(20-14-12-19(2)13-15-20)23-18-27(3)24-11-8-7-10-21(23)24/h7-8,10-15,18,22H,4-6,9,16-17H2,1-3H3,(H,26,28)/t22-/m0/s1. The Hall–Kier alpha value is -2.55. The highest BCUT2D eigenvalue weighted by Crippen LogP contribution is 2.34. The third kappa shape index (κ3) is 4.83. The third-order valence-electron chi connectivity index (χ3n) is 5.52.